The number of aliphatic hydroxyl groups is 1. The van der Waals surface area contributed by atoms with Crippen molar-refractivity contribution < 1.29 is 24.2 Å². The highest BCUT2D eigenvalue weighted by atomic mass is 16.5. The number of aryl methyl sites for hydroxylation is 1. The van der Waals surface area contributed by atoms with Crippen molar-refractivity contribution in [2.45, 2.75) is 64.6 Å². The summed E-state index contributed by atoms with van der Waals surface area (Å²) in [4.78, 5) is 29.5. The Hall–Kier alpha value is -3.17. The number of nitrogens with zero attached hydrogens (tertiary/aromatic N) is 2. The summed E-state index contributed by atoms with van der Waals surface area (Å²) in [5, 5.41) is 21.3. The van der Waals surface area contributed by atoms with Gasteiger partial charge in [-0.25, -0.2) is 0 Å². The van der Waals surface area contributed by atoms with Gasteiger partial charge >= 0.3 is 0 Å². The minimum atomic E-state index is -0.410. The highest BCUT2D eigenvalue weighted by Gasteiger charge is 2.30. The maximum Gasteiger partial charge on any atom is 0.272 e. The minimum absolute atomic E-state index is 0.0182. The highest BCUT2D eigenvalue weighted by Crippen LogP contribution is 2.27. The van der Waals surface area contributed by atoms with Gasteiger partial charge in [0, 0.05) is 50.3 Å². The lowest BCUT2D eigenvalue weighted by Gasteiger charge is -2.33. The second-order valence-corrected chi connectivity index (χ2v) is 10.8. The van der Waals surface area contributed by atoms with Gasteiger partial charge in [0.25, 0.3) is 5.91 Å². The van der Waals surface area contributed by atoms with Gasteiger partial charge in [-0.1, -0.05) is 18.2 Å². The Morgan fingerprint density at radius 1 is 1.18 bits per heavy atom. The first-order valence-electron chi connectivity index (χ1n) is 14.0. The van der Waals surface area contributed by atoms with Gasteiger partial charge in [0.05, 0.1) is 25.9 Å². The van der Waals surface area contributed by atoms with Crippen molar-refractivity contribution in [3.63, 3.8) is 0 Å². The van der Waals surface area contributed by atoms with Crippen LogP contribution < -0.4 is 10.1 Å². The smallest absolute Gasteiger partial charge is 0.272 e. The van der Waals surface area contributed by atoms with Gasteiger partial charge in [0.1, 0.15) is 17.6 Å². The third kappa shape index (κ3) is 7.28. The number of aliphatic hydroxyl groups excluding tert-OH is 1. The molecule has 9 heteroatoms. The molecule has 39 heavy (non-hydrogen) atoms. The fourth-order valence-electron chi connectivity index (χ4n) is 5.42. The van der Waals surface area contributed by atoms with Crippen molar-refractivity contribution in [1.82, 2.24) is 15.1 Å². The number of nitrogens with one attached hydrogen (secondary N) is 2. The lowest BCUT2D eigenvalue weighted by Crippen LogP contribution is -2.49. The van der Waals surface area contributed by atoms with Crippen LogP contribution >= 0.6 is 0 Å². The van der Waals surface area contributed by atoms with E-state index in [9.17, 15) is 14.7 Å². The van der Waals surface area contributed by atoms with Crippen LogP contribution in [0.1, 0.15) is 56.6 Å². The number of benzene rings is 1. The summed E-state index contributed by atoms with van der Waals surface area (Å²) in [6.07, 6.45) is 4.44. The molecule has 2 amide bonds. The Bertz CT molecular complexity index is 1120. The summed E-state index contributed by atoms with van der Waals surface area (Å²) in [5.41, 5.74) is 4.73. The van der Waals surface area contributed by atoms with Crippen LogP contribution in [0.3, 0.4) is 0 Å². The van der Waals surface area contributed by atoms with E-state index in [1.807, 2.05) is 30.9 Å². The first kappa shape index (κ1) is 28.8. The number of hydrogen-bond acceptors (Lipinski definition) is 7. The topological polar surface area (TPSA) is 115 Å². The summed E-state index contributed by atoms with van der Waals surface area (Å²) >= 11 is 0. The van der Waals surface area contributed by atoms with E-state index >= 15 is 0 Å². The zero-order chi connectivity index (χ0) is 27.9. The molecule has 1 aromatic rings. The maximum atomic E-state index is 13.0. The number of amides is 2. The van der Waals surface area contributed by atoms with Crippen LogP contribution in [0.5, 0.6) is 5.75 Å². The van der Waals surface area contributed by atoms with E-state index in [1.165, 1.54) is 0 Å². The molecule has 2 saturated heterocycles. The van der Waals surface area contributed by atoms with Gasteiger partial charge in [-0.3, -0.25) is 15.0 Å². The molecule has 4 rings (SSSR count). The van der Waals surface area contributed by atoms with E-state index in [2.05, 4.69) is 18.0 Å². The molecule has 2 aliphatic heterocycles. The Morgan fingerprint density at radius 3 is 2.62 bits per heavy atom. The summed E-state index contributed by atoms with van der Waals surface area (Å²) in [6, 6.07) is 6.13. The molecule has 0 unspecified atom stereocenters. The van der Waals surface area contributed by atoms with Crippen molar-refractivity contribution in [2.75, 3.05) is 45.9 Å². The van der Waals surface area contributed by atoms with Crippen LogP contribution in [0.2, 0.25) is 0 Å². The molecule has 0 aromatic heterocycles. The summed E-state index contributed by atoms with van der Waals surface area (Å²) in [5.74, 6) is 0.555. The number of carbonyl (C=O) groups is 2. The number of allylic oxidation sites excluding steroid dienone is 2. The van der Waals surface area contributed by atoms with E-state index < -0.39 is 6.10 Å². The van der Waals surface area contributed by atoms with Gasteiger partial charge in [0.15, 0.2) is 0 Å². The maximum absolute atomic E-state index is 13.0. The zero-order valence-electron chi connectivity index (χ0n) is 23.3. The van der Waals surface area contributed by atoms with Crippen LogP contribution in [0.4, 0.5) is 0 Å². The molecule has 3 N–H and O–H groups in total. The van der Waals surface area contributed by atoms with Crippen LogP contribution in [-0.4, -0.2) is 90.6 Å². The average molecular weight is 539 g/mol. The van der Waals surface area contributed by atoms with E-state index in [0.717, 1.165) is 60.3 Å². The van der Waals surface area contributed by atoms with Crippen molar-refractivity contribution in [3.05, 3.63) is 47.2 Å². The van der Waals surface area contributed by atoms with Gasteiger partial charge < -0.3 is 29.7 Å². The molecule has 0 spiro atoms. The standard InChI is InChI=1S/C30H42N4O5/c1-20(2)22-8-9-27(21(3)16-22)39-23-10-12-33(13-11-23)28(36)17-32-26-7-5-4-6-25(26)29(31)30(37)34-14-15-38-24(18-34)19-35/h8-9,16,23-24,31-32,35H,1,4-7,10-15,17-19H2,2-3H3/t24-/m0/s1. The fraction of sp³-hybridized carbons (Fsp3) is 0.567. The first-order chi connectivity index (χ1) is 18.8. The van der Waals surface area contributed by atoms with Crippen LogP contribution in [-0.2, 0) is 14.3 Å². The van der Waals surface area contributed by atoms with E-state index in [-0.39, 0.29) is 43.3 Å². The number of piperidine rings is 1. The second kappa shape index (κ2) is 13.3. The number of morpholine rings is 1. The molecule has 0 saturated carbocycles. The Balaban J connectivity index is 1.29. The van der Waals surface area contributed by atoms with E-state index in [4.69, 9.17) is 14.9 Å². The van der Waals surface area contributed by atoms with Crippen molar-refractivity contribution in [3.8, 4) is 5.75 Å². The molecular formula is C30H42N4O5. The quantitative estimate of drug-likeness (QED) is 0.417. The lowest BCUT2D eigenvalue weighted by molar-refractivity contribution is -0.133. The fourth-order valence-corrected chi connectivity index (χ4v) is 5.42. The van der Waals surface area contributed by atoms with Crippen molar-refractivity contribution in [2.24, 2.45) is 0 Å². The predicted molar refractivity (Wildman–Crippen MR) is 151 cm³/mol. The number of ether oxygens (including phenoxy) is 2. The molecule has 212 valence electrons. The van der Waals surface area contributed by atoms with E-state index in [1.54, 1.807) is 4.90 Å². The number of carbonyl (C=O) groups excluding carboxylic acids is 2. The molecule has 1 atom stereocenters. The summed E-state index contributed by atoms with van der Waals surface area (Å²) < 4.78 is 11.7. The molecule has 0 bridgehead atoms. The molecule has 0 radical (unpaired) electrons. The third-order valence-electron chi connectivity index (χ3n) is 7.82. The van der Waals surface area contributed by atoms with Gasteiger partial charge in [-0.2, -0.15) is 0 Å². The number of likely N-dealkylation sites (tertiary alicyclic amines) is 1. The molecule has 2 fully saturated rings. The van der Waals surface area contributed by atoms with Gasteiger partial charge in [-0.15, -0.1) is 0 Å². The number of rotatable bonds is 9. The Labute approximate surface area is 231 Å². The zero-order valence-corrected chi connectivity index (χ0v) is 23.3. The number of hydrogen-bond donors (Lipinski definition) is 3. The third-order valence-corrected chi connectivity index (χ3v) is 7.82. The highest BCUT2D eigenvalue weighted by molar-refractivity contribution is 6.44. The average Bonchev–Trinajstić information content (AvgIpc) is 2.96. The SMILES string of the molecule is C=C(C)c1ccc(OC2CCN(C(=O)CNC3=C(C(=N)C(=O)N4CCO[C@H](CO)C4)CCCC3)CC2)c(C)c1. The minimum Gasteiger partial charge on any atom is -0.490 e. The van der Waals surface area contributed by atoms with Crippen LogP contribution in [0.15, 0.2) is 36.0 Å². The van der Waals surface area contributed by atoms with Crippen LogP contribution in [0, 0.1) is 12.3 Å². The predicted octanol–water partition coefficient (Wildman–Crippen LogP) is 3.06. The largest absolute Gasteiger partial charge is 0.490 e. The van der Waals surface area contributed by atoms with Gasteiger partial charge in [-0.05, 0) is 62.8 Å². The Morgan fingerprint density at radius 2 is 1.92 bits per heavy atom. The first-order valence-corrected chi connectivity index (χ1v) is 14.0. The molecule has 1 aromatic carbocycles. The molecule has 3 aliphatic rings. The Kier molecular flexibility index (Phi) is 9.80. The lowest BCUT2D eigenvalue weighted by atomic mass is 9.92. The molecule has 9 nitrogen and oxygen atoms in total. The summed E-state index contributed by atoms with van der Waals surface area (Å²) in [6.45, 7) is 10.3. The van der Waals surface area contributed by atoms with Gasteiger partial charge in [0.2, 0.25) is 5.91 Å². The van der Waals surface area contributed by atoms with E-state index in [0.29, 0.717) is 38.2 Å². The van der Waals surface area contributed by atoms with Crippen molar-refractivity contribution >= 4 is 23.1 Å². The molecular weight excluding hydrogens is 496 g/mol. The van der Waals surface area contributed by atoms with Crippen LogP contribution in [0.25, 0.3) is 5.57 Å². The molecule has 1 aliphatic carbocycles. The second-order valence-electron chi connectivity index (χ2n) is 10.8. The normalized spacial score (nSPS) is 20.5. The molecule has 2 heterocycles. The van der Waals surface area contributed by atoms with Crippen molar-refractivity contribution in [1.29, 1.82) is 5.41 Å². The monoisotopic (exact) mass is 538 g/mol. The summed E-state index contributed by atoms with van der Waals surface area (Å²) in [7, 11) is 0.